The van der Waals surface area contributed by atoms with Gasteiger partial charge in [0, 0.05) is 12.1 Å². The minimum Gasteiger partial charge on any atom is -0.493 e. The average molecular weight is 268 g/mol. The maximum atomic E-state index is 5.95. The third kappa shape index (κ3) is 2.27. The Morgan fingerprint density at radius 1 is 1.28 bits per heavy atom. The van der Waals surface area contributed by atoms with E-state index in [2.05, 4.69) is 9.97 Å². The van der Waals surface area contributed by atoms with E-state index >= 15 is 0 Å². The van der Waals surface area contributed by atoms with Gasteiger partial charge in [-0.3, -0.25) is 0 Å². The summed E-state index contributed by atoms with van der Waals surface area (Å²) in [5.74, 6) is 1.95. The molecule has 0 radical (unpaired) electrons. The Kier molecular flexibility index (Phi) is 3.74. The molecule has 5 nitrogen and oxygen atoms in total. The SMILES string of the molecule is COc1ccc(-c2nc(Cl)c(CN)[nH]2)cc1OC. The molecule has 0 saturated heterocycles. The molecule has 2 aromatic rings. The van der Waals surface area contributed by atoms with E-state index in [1.165, 1.54) is 0 Å². The lowest BCUT2D eigenvalue weighted by Gasteiger charge is -2.08. The number of H-pyrrole nitrogens is 1. The van der Waals surface area contributed by atoms with Gasteiger partial charge in [-0.2, -0.15) is 0 Å². The molecule has 0 aliphatic carbocycles. The summed E-state index contributed by atoms with van der Waals surface area (Å²) in [6.45, 7) is 0.319. The molecule has 0 bridgehead atoms. The van der Waals surface area contributed by atoms with Crippen LogP contribution in [0, 0.1) is 0 Å². The highest BCUT2D eigenvalue weighted by Crippen LogP contribution is 2.31. The largest absolute Gasteiger partial charge is 0.493 e. The first-order valence-electron chi connectivity index (χ1n) is 5.36. The highest BCUT2D eigenvalue weighted by Gasteiger charge is 2.11. The zero-order valence-electron chi connectivity index (χ0n) is 10.2. The number of nitrogens with zero attached hydrogens (tertiary/aromatic N) is 1. The standard InChI is InChI=1S/C12H14ClN3O2/c1-17-9-4-3-7(5-10(9)18-2)12-15-8(6-14)11(13)16-12/h3-5H,6,14H2,1-2H3,(H,15,16). The molecular formula is C12H14ClN3O2. The summed E-state index contributed by atoms with van der Waals surface area (Å²) >= 11 is 5.95. The highest BCUT2D eigenvalue weighted by atomic mass is 35.5. The molecule has 0 fully saturated rings. The summed E-state index contributed by atoms with van der Waals surface area (Å²) in [5.41, 5.74) is 7.11. The van der Waals surface area contributed by atoms with Crippen molar-refractivity contribution in [2.75, 3.05) is 14.2 Å². The van der Waals surface area contributed by atoms with E-state index in [4.69, 9.17) is 26.8 Å². The molecule has 0 amide bonds. The van der Waals surface area contributed by atoms with Gasteiger partial charge >= 0.3 is 0 Å². The quantitative estimate of drug-likeness (QED) is 0.891. The van der Waals surface area contributed by atoms with E-state index in [9.17, 15) is 0 Å². The van der Waals surface area contributed by atoms with Crippen LogP contribution < -0.4 is 15.2 Å². The topological polar surface area (TPSA) is 73.2 Å². The third-order valence-electron chi connectivity index (χ3n) is 2.59. The summed E-state index contributed by atoms with van der Waals surface area (Å²) < 4.78 is 10.4. The van der Waals surface area contributed by atoms with Crippen LogP contribution in [0.15, 0.2) is 18.2 Å². The summed E-state index contributed by atoms with van der Waals surface area (Å²) in [5, 5.41) is 0.391. The number of hydrogen-bond donors (Lipinski definition) is 2. The second-order valence-electron chi connectivity index (χ2n) is 3.63. The molecule has 0 unspecified atom stereocenters. The van der Waals surface area contributed by atoms with Gasteiger partial charge in [0.15, 0.2) is 16.7 Å². The molecule has 3 N–H and O–H groups in total. The number of ether oxygens (including phenoxy) is 2. The van der Waals surface area contributed by atoms with Crippen LogP contribution in [0.5, 0.6) is 11.5 Å². The number of rotatable bonds is 4. The Balaban J connectivity index is 2.44. The number of hydrogen-bond acceptors (Lipinski definition) is 4. The van der Waals surface area contributed by atoms with Gasteiger partial charge in [-0.1, -0.05) is 11.6 Å². The number of benzene rings is 1. The lowest BCUT2D eigenvalue weighted by molar-refractivity contribution is 0.355. The number of halogens is 1. The smallest absolute Gasteiger partial charge is 0.161 e. The molecule has 0 aliphatic heterocycles. The predicted octanol–water partition coefficient (Wildman–Crippen LogP) is 2.21. The number of aromatic amines is 1. The van der Waals surface area contributed by atoms with Crippen LogP contribution in [-0.2, 0) is 6.54 Å². The van der Waals surface area contributed by atoms with Crippen LogP contribution in [0.25, 0.3) is 11.4 Å². The maximum absolute atomic E-state index is 5.95. The van der Waals surface area contributed by atoms with E-state index < -0.39 is 0 Å². The number of imidazole rings is 1. The van der Waals surface area contributed by atoms with Gasteiger partial charge in [-0.15, -0.1) is 0 Å². The molecule has 0 aliphatic rings. The van der Waals surface area contributed by atoms with Gasteiger partial charge in [0.2, 0.25) is 0 Å². The summed E-state index contributed by atoms with van der Waals surface area (Å²) in [4.78, 5) is 7.29. The first-order chi connectivity index (χ1) is 8.69. The second kappa shape index (κ2) is 5.29. The fraction of sp³-hybridized carbons (Fsp3) is 0.250. The van der Waals surface area contributed by atoms with Gasteiger partial charge < -0.3 is 20.2 Å². The molecule has 18 heavy (non-hydrogen) atoms. The average Bonchev–Trinajstić information content (AvgIpc) is 2.79. The van der Waals surface area contributed by atoms with E-state index in [1.807, 2.05) is 18.2 Å². The van der Waals surface area contributed by atoms with Crippen LogP contribution >= 0.6 is 11.6 Å². The Morgan fingerprint density at radius 3 is 2.56 bits per heavy atom. The molecule has 2 rings (SSSR count). The van der Waals surface area contributed by atoms with Crippen LogP contribution in [0.4, 0.5) is 0 Å². The lowest BCUT2D eigenvalue weighted by Crippen LogP contribution is -1.96. The molecule has 1 aromatic heterocycles. The normalized spacial score (nSPS) is 10.4. The van der Waals surface area contributed by atoms with E-state index in [0.29, 0.717) is 34.7 Å². The van der Waals surface area contributed by atoms with Crippen LogP contribution in [-0.4, -0.2) is 24.2 Å². The molecular weight excluding hydrogens is 254 g/mol. The van der Waals surface area contributed by atoms with E-state index in [0.717, 1.165) is 5.56 Å². The molecule has 0 saturated carbocycles. The number of nitrogens with one attached hydrogen (secondary N) is 1. The van der Waals surface area contributed by atoms with Crippen molar-refractivity contribution in [1.29, 1.82) is 0 Å². The summed E-state index contributed by atoms with van der Waals surface area (Å²) in [6.07, 6.45) is 0. The van der Waals surface area contributed by atoms with Crippen molar-refractivity contribution in [3.63, 3.8) is 0 Å². The van der Waals surface area contributed by atoms with Gasteiger partial charge in [-0.25, -0.2) is 4.98 Å². The molecule has 0 atom stereocenters. The van der Waals surface area contributed by atoms with E-state index in [1.54, 1.807) is 14.2 Å². The van der Waals surface area contributed by atoms with Gasteiger partial charge in [-0.05, 0) is 18.2 Å². The van der Waals surface area contributed by atoms with Crippen LogP contribution in [0.3, 0.4) is 0 Å². The lowest BCUT2D eigenvalue weighted by atomic mass is 10.2. The number of nitrogens with two attached hydrogens (primary N) is 1. The Morgan fingerprint density at radius 2 is 2.00 bits per heavy atom. The first kappa shape index (κ1) is 12.7. The fourth-order valence-electron chi connectivity index (χ4n) is 1.64. The zero-order valence-corrected chi connectivity index (χ0v) is 10.9. The molecule has 6 heteroatoms. The second-order valence-corrected chi connectivity index (χ2v) is 3.99. The van der Waals surface area contributed by atoms with Gasteiger partial charge in [0.05, 0.1) is 19.9 Å². The van der Waals surface area contributed by atoms with Crippen molar-refractivity contribution in [3.8, 4) is 22.9 Å². The Hall–Kier alpha value is -1.72. The molecule has 96 valence electrons. The fourth-order valence-corrected chi connectivity index (χ4v) is 1.85. The monoisotopic (exact) mass is 267 g/mol. The third-order valence-corrected chi connectivity index (χ3v) is 2.90. The minimum absolute atomic E-state index is 0.319. The van der Waals surface area contributed by atoms with Gasteiger partial charge in [0.25, 0.3) is 0 Å². The van der Waals surface area contributed by atoms with Crippen LogP contribution in [0.1, 0.15) is 5.69 Å². The number of methoxy groups -OCH3 is 2. The zero-order chi connectivity index (χ0) is 13.1. The molecule has 0 spiro atoms. The highest BCUT2D eigenvalue weighted by molar-refractivity contribution is 6.30. The van der Waals surface area contributed by atoms with Crippen molar-refractivity contribution in [2.45, 2.75) is 6.54 Å². The van der Waals surface area contributed by atoms with Crippen molar-refractivity contribution in [3.05, 3.63) is 29.0 Å². The predicted molar refractivity (Wildman–Crippen MR) is 70.0 cm³/mol. The van der Waals surface area contributed by atoms with Crippen molar-refractivity contribution < 1.29 is 9.47 Å². The maximum Gasteiger partial charge on any atom is 0.161 e. The van der Waals surface area contributed by atoms with Crippen LogP contribution in [0.2, 0.25) is 5.15 Å². The van der Waals surface area contributed by atoms with Crippen molar-refractivity contribution >= 4 is 11.6 Å². The van der Waals surface area contributed by atoms with Crippen molar-refractivity contribution in [2.24, 2.45) is 5.73 Å². The Labute approximate surface area is 110 Å². The molecule has 1 aromatic carbocycles. The first-order valence-corrected chi connectivity index (χ1v) is 5.74. The number of aromatic nitrogens is 2. The minimum atomic E-state index is 0.319. The van der Waals surface area contributed by atoms with Crippen molar-refractivity contribution in [1.82, 2.24) is 9.97 Å². The molecule has 1 heterocycles. The van der Waals surface area contributed by atoms with E-state index in [-0.39, 0.29) is 0 Å². The van der Waals surface area contributed by atoms with Gasteiger partial charge in [0.1, 0.15) is 5.82 Å². The summed E-state index contributed by atoms with van der Waals surface area (Å²) in [6, 6.07) is 5.51. The Bertz CT molecular complexity index is 554. The summed E-state index contributed by atoms with van der Waals surface area (Å²) in [7, 11) is 3.18.